The van der Waals surface area contributed by atoms with Gasteiger partial charge in [-0.05, 0) is 48.6 Å². The summed E-state index contributed by atoms with van der Waals surface area (Å²) < 4.78 is 24.2. The predicted octanol–water partition coefficient (Wildman–Crippen LogP) is 5.89. The van der Waals surface area contributed by atoms with Gasteiger partial charge in [0.15, 0.2) is 11.5 Å². The van der Waals surface area contributed by atoms with Gasteiger partial charge in [0.2, 0.25) is 0 Å². The van der Waals surface area contributed by atoms with Crippen molar-refractivity contribution in [2.75, 3.05) is 32.3 Å². The number of aryl methyl sites for hydroxylation is 1. The third kappa shape index (κ3) is 5.55. The van der Waals surface area contributed by atoms with E-state index in [2.05, 4.69) is 10.2 Å². The molecule has 0 N–H and O–H groups in total. The molecule has 44 heavy (non-hydrogen) atoms. The van der Waals surface area contributed by atoms with Gasteiger partial charge in [0.25, 0.3) is 0 Å². The van der Waals surface area contributed by atoms with Crippen LogP contribution in [-0.4, -0.2) is 59.2 Å². The molecule has 0 aliphatic carbocycles. The van der Waals surface area contributed by atoms with Crippen LogP contribution in [0.25, 0.3) is 21.3 Å². The van der Waals surface area contributed by atoms with Crippen molar-refractivity contribution in [3.05, 3.63) is 83.6 Å². The highest BCUT2D eigenvalue weighted by atomic mass is 32.1. The highest BCUT2D eigenvalue weighted by Crippen LogP contribution is 2.48. The molecule has 1 aliphatic rings. The summed E-state index contributed by atoms with van der Waals surface area (Å²) in [6.07, 6.45) is 4.14. The molecule has 0 atom stereocenters. The first kappa shape index (κ1) is 29.1. The van der Waals surface area contributed by atoms with Gasteiger partial charge in [0, 0.05) is 17.5 Å². The zero-order valence-electron chi connectivity index (χ0n) is 24.6. The summed E-state index contributed by atoms with van der Waals surface area (Å²) in [5.41, 5.74) is 4.07. The largest absolute Gasteiger partial charge is 0.493 e. The normalized spacial score (nSPS) is 12.6. The number of thiophene rings is 1. The molecule has 0 spiro atoms. The number of esters is 1. The molecule has 0 radical (unpaired) electrons. The zero-order valence-corrected chi connectivity index (χ0v) is 25.4. The molecule has 0 fully saturated rings. The van der Waals surface area contributed by atoms with E-state index >= 15 is 0 Å². The smallest absolute Gasteiger partial charge is 0.415 e. The SMILES string of the molecule is CCOC(=O)c1c(Cn2cnnc2)nc2sc3c(c2c1-c1ccc(OC)c(OC)c1)CCCN3C(=O)OCc1ccccc1. The Kier molecular flexibility index (Phi) is 8.42. The zero-order chi connectivity index (χ0) is 30.6. The summed E-state index contributed by atoms with van der Waals surface area (Å²) in [5, 5.41) is 9.40. The number of amides is 1. The Labute approximate surface area is 258 Å². The molecule has 0 bridgehead atoms. The summed E-state index contributed by atoms with van der Waals surface area (Å²) >= 11 is 1.41. The van der Waals surface area contributed by atoms with Crippen LogP contribution in [0.3, 0.4) is 0 Å². The second-order valence-electron chi connectivity index (χ2n) is 10.1. The minimum Gasteiger partial charge on any atom is -0.493 e. The average molecular weight is 614 g/mol. The first-order chi connectivity index (χ1) is 21.5. The van der Waals surface area contributed by atoms with Crippen molar-refractivity contribution >= 4 is 38.6 Å². The molecular formula is C32H31N5O6S. The highest BCUT2D eigenvalue weighted by molar-refractivity contribution is 7.23. The van der Waals surface area contributed by atoms with Crippen LogP contribution in [0.1, 0.15) is 40.5 Å². The van der Waals surface area contributed by atoms with Crippen LogP contribution in [0, 0.1) is 0 Å². The van der Waals surface area contributed by atoms with Crippen LogP contribution in [0.2, 0.25) is 0 Å². The van der Waals surface area contributed by atoms with Crippen LogP contribution >= 0.6 is 11.3 Å². The lowest BCUT2D eigenvalue weighted by Crippen LogP contribution is -2.35. The first-order valence-electron chi connectivity index (χ1n) is 14.2. The van der Waals surface area contributed by atoms with Crippen LogP contribution in [0.5, 0.6) is 11.5 Å². The van der Waals surface area contributed by atoms with E-state index < -0.39 is 12.1 Å². The molecular weight excluding hydrogens is 582 g/mol. The van der Waals surface area contributed by atoms with Gasteiger partial charge in [-0.15, -0.1) is 10.2 Å². The molecule has 11 nitrogen and oxygen atoms in total. The lowest BCUT2D eigenvalue weighted by atomic mass is 9.91. The summed E-state index contributed by atoms with van der Waals surface area (Å²) in [6.45, 7) is 2.88. The third-order valence-corrected chi connectivity index (χ3v) is 8.57. The number of pyridine rings is 1. The molecule has 0 saturated carbocycles. The second kappa shape index (κ2) is 12.7. The van der Waals surface area contributed by atoms with Gasteiger partial charge in [-0.2, -0.15) is 0 Å². The van der Waals surface area contributed by atoms with Crippen molar-refractivity contribution in [1.29, 1.82) is 0 Å². The van der Waals surface area contributed by atoms with Crippen molar-refractivity contribution in [3.63, 3.8) is 0 Å². The fourth-order valence-corrected chi connectivity index (χ4v) is 6.73. The number of carbonyl (C=O) groups is 2. The number of aromatic nitrogens is 4. The van der Waals surface area contributed by atoms with Crippen molar-refractivity contribution in [3.8, 4) is 22.6 Å². The summed E-state index contributed by atoms with van der Waals surface area (Å²) in [7, 11) is 3.14. The second-order valence-corrected chi connectivity index (χ2v) is 11.1. The number of fused-ring (bicyclic) bond motifs is 3. The van der Waals surface area contributed by atoms with Crippen LogP contribution in [0.15, 0.2) is 61.2 Å². The summed E-state index contributed by atoms with van der Waals surface area (Å²) in [4.78, 5) is 34.6. The van der Waals surface area contributed by atoms with E-state index in [1.54, 1.807) is 49.3 Å². The molecule has 3 aromatic heterocycles. The van der Waals surface area contributed by atoms with Crippen molar-refractivity contribution in [2.45, 2.75) is 32.9 Å². The van der Waals surface area contributed by atoms with Gasteiger partial charge < -0.3 is 23.5 Å². The standard InChI is InChI=1S/C32H31N5O6S/c1-4-42-31(38)28-23(16-36-18-33-34-19-36)35-29-27(26(28)21-12-13-24(40-2)25(15-21)41-3)22-11-8-14-37(30(22)44-29)32(39)43-17-20-9-6-5-7-10-20/h5-7,9-10,12-13,15,18-19H,4,8,11,14,16-17H2,1-3H3. The van der Waals surface area contributed by atoms with Gasteiger partial charge in [-0.1, -0.05) is 47.7 Å². The molecule has 0 saturated heterocycles. The molecule has 1 aliphatic heterocycles. The van der Waals surface area contributed by atoms with Crippen LogP contribution < -0.4 is 14.4 Å². The Bertz CT molecular complexity index is 1810. The molecule has 226 valence electrons. The minimum absolute atomic E-state index is 0.168. The minimum atomic E-state index is -0.496. The maximum atomic E-state index is 13.8. The summed E-state index contributed by atoms with van der Waals surface area (Å²) in [5.74, 6) is 0.577. The Morgan fingerprint density at radius 3 is 2.48 bits per heavy atom. The number of benzene rings is 2. The monoisotopic (exact) mass is 613 g/mol. The van der Waals surface area contributed by atoms with E-state index in [9.17, 15) is 9.59 Å². The number of ether oxygens (including phenoxy) is 4. The number of nitrogens with zero attached hydrogens (tertiary/aromatic N) is 5. The fraction of sp³-hybridized carbons (Fsp3) is 0.281. The lowest BCUT2D eigenvalue weighted by Gasteiger charge is -2.26. The Hall–Kier alpha value is -4.97. The maximum Gasteiger partial charge on any atom is 0.415 e. The van der Waals surface area contributed by atoms with Crippen molar-refractivity contribution < 1.29 is 28.5 Å². The Morgan fingerprint density at radius 2 is 1.75 bits per heavy atom. The number of hydrogen-bond donors (Lipinski definition) is 0. The lowest BCUT2D eigenvalue weighted by molar-refractivity contribution is 0.0525. The van der Waals surface area contributed by atoms with E-state index in [-0.39, 0.29) is 19.8 Å². The average Bonchev–Trinajstić information content (AvgIpc) is 3.70. The summed E-state index contributed by atoms with van der Waals surface area (Å²) in [6, 6.07) is 15.1. The Balaban J connectivity index is 1.55. The van der Waals surface area contributed by atoms with E-state index in [0.29, 0.717) is 46.1 Å². The molecule has 2 aromatic carbocycles. The fourth-order valence-electron chi connectivity index (χ4n) is 5.46. The van der Waals surface area contributed by atoms with Crippen LogP contribution in [0.4, 0.5) is 9.80 Å². The van der Waals surface area contributed by atoms with E-state index in [4.69, 9.17) is 23.9 Å². The molecule has 1 amide bonds. The van der Waals surface area contributed by atoms with E-state index in [1.807, 2.05) is 42.5 Å². The van der Waals surface area contributed by atoms with Gasteiger partial charge in [0.1, 0.15) is 29.1 Å². The number of carbonyl (C=O) groups excluding carboxylic acids is 2. The van der Waals surface area contributed by atoms with Gasteiger partial charge in [0.05, 0.1) is 38.6 Å². The molecule has 0 unspecified atom stereocenters. The molecule has 6 rings (SSSR count). The maximum absolute atomic E-state index is 13.8. The van der Waals surface area contributed by atoms with Crippen molar-refractivity contribution in [1.82, 2.24) is 19.7 Å². The van der Waals surface area contributed by atoms with Gasteiger partial charge in [-0.25, -0.2) is 14.6 Å². The first-order valence-corrected chi connectivity index (χ1v) is 15.0. The van der Waals surface area contributed by atoms with Crippen LogP contribution in [-0.2, 0) is 29.0 Å². The number of hydrogen-bond acceptors (Lipinski definition) is 10. The van der Waals surface area contributed by atoms with Gasteiger partial charge >= 0.3 is 12.1 Å². The number of methoxy groups -OCH3 is 2. The molecule has 4 heterocycles. The van der Waals surface area contributed by atoms with Crippen molar-refractivity contribution in [2.24, 2.45) is 0 Å². The predicted molar refractivity (Wildman–Crippen MR) is 166 cm³/mol. The third-order valence-electron chi connectivity index (χ3n) is 7.42. The Morgan fingerprint density at radius 1 is 0.977 bits per heavy atom. The molecule has 12 heteroatoms. The van der Waals surface area contributed by atoms with E-state index in [0.717, 1.165) is 33.5 Å². The topological polar surface area (TPSA) is 118 Å². The number of anilines is 1. The van der Waals surface area contributed by atoms with E-state index in [1.165, 1.54) is 11.3 Å². The van der Waals surface area contributed by atoms with Gasteiger partial charge in [-0.3, -0.25) is 4.90 Å². The molecule has 5 aromatic rings. The number of rotatable bonds is 9. The quantitative estimate of drug-likeness (QED) is 0.188. The highest BCUT2D eigenvalue weighted by Gasteiger charge is 2.33.